The Morgan fingerprint density at radius 2 is 2.47 bits per heavy atom. The van der Waals surface area contributed by atoms with E-state index in [2.05, 4.69) is 14.9 Å². The van der Waals surface area contributed by atoms with Gasteiger partial charge in [-0.05, 0) is 24.8 Å². The summed E-state index contributed by atoms with van der Waals surface area (Å²) in [6.07, 6.45) is 2.11. The van der Waals surface area contributed by atoms with E-state index in [-0.39, 0.29) is 6.42 Å². The maximum atomic E-state index is 11.0. The predicted molar refractivity (Wildman–Crippen MR) is 52.2 cm³/mol. The van der Waals surface area contributed by atoms with Gasteiger partial charge >= 0.3 is 5.97 Å². The van der Waals surface area contributed by atoms with Crippen molar-refractivity contribution in [2.45, 2.75) is 31.8 Å². The zero-order valence-corrected chi connectivity index (χ0v) is 8.62. The summed E-state index contributed by atoms with van der Waals surface area (Å²) >= 11 is 0. The lowest BCUT2D eigenvalue weighted by atomic mass is 10.1. The van der Waals surface area contributed by atoms with Gasteiger partial charge in [-0.15, -0.1) is 0 Å². The summed E-state index contributed by atoms with van der Waals surface area (Å²) in [6, 6.07) is 0. The summed E-state index contributed by atoms with van der Waals surface area (Å²) in [6.45, 7) is 0. The van der Waals surface area contributed by atoms with Crippen molar-refractivity contribution in [2.24, 2.45) is 0 Å². The summed E-state index contributed by atoms with van der Waals surface area (Å²) < 4.78 is 4.50. The van der Waals surface area contributed by atoms with Gasteiger partial charge in [0.05, 0.1) is 19.2 Å². The van der Waals surface area contributed by atoms with Crippen molar-refractivity contribution >= 4 is 5.97 Å². The molecule has 5 heteroatoms. The van der Waals surface area contributed by atoms with Crippen LogP contribution in [0.3, 0.4) is 0 Å². The van der Waals surface area contributed by atoms with Crippen LogP contribution in [-0.2, 0) is 22.4 Å². The van der Waals surface area contributed by atoms with Gasteiger partial charge in [-0.25, -0.2) is 0 Å². The average Bonchev–Trinajstić information content (AvgIpc) is 2.77. The molecule has 1 atom stereocenters. The SMILES string of the molecule is COC(=O)CC(O)c1n[nH]c2c1CCC2. The maximum absolute atomic E-state index is 11.0. The van der Waals surface area contributed by atoms with Gasteiger partial charge in [-0.1, -0.05) is 0 Å². The molecule has 5 nitrogen and oxygen atoms in total. The molecule has 0 aliphatic heterocycles. The second kappa shape index (κ2) is 4.02. The number of aromatic amines is 1. The van der Waals surface area contributed by atoms with E-state index in [9.17, 15) is 9.90 Å². The molecule has 0 bridgehead atoms. The molecule has 82 valence electrons. The molecule has 0 radical (unpaired) electrons. The normalized spacial score (nSPS) is 16.1. The van der Waals surface area contributed by atoms with Crippen LogP contribution in [0, 0.1) is 0 Å². The molecule has 2 rings (SSSR count). The maximum Gasteiger partial charge on any atom is 0.308 e. The minimum absolute atomic E-state index is 0.0339. The van der Waals surface area contributed by atoms with Crippen LogP contribution in [0.4, 0.5) is 0 Å². The Kier molecular flexibility index (Phi) is 2.73. The van der Waals surface area contributed by atoms with Crippen LogP contribution in [-0.4, -0.2) is 28.4 Å². The number of esters is 1. The van der Waals surface area contributed by atoms with Crippen LogP contribution in [0.2, 0.25) is 0 Å². The highest BCUT2D eigenvalue weighted by molar-refractivity contribution is 5.70. The van der Waals surface area contributed by atoms with Crippen LogP contribution in [0.5, 0.6) is 0 Å². The van der Waals surface area contributed by atoms with Crippen molar-refractivity contribution < 1.29 is 14.6 Å². The molecular formula is C10H14N2O3. The van der Waals surface area contributed by atoms with Crippen LogP contribution in [0.1, 0.15) is 35.9 Å². The lowest BCUT2D eigenvalue weighted by molar-refractivity contribution is -0.142. The molecule has 1 unspecified atom stereocenters. The van der Waals surface area contributed by atoms with Gasteiger partial charge in [0.15, 0.2) is 0 Å². The molecule has 0 spiro atoms. The van der Waals surface area contributed by atoms with Crippen molar-refractivity contribution in [1.82, 2.24) is 10.2 Å². The number of carbonyl (C=O) groups is 1. The van der Waals surface area contributed by atoms with E-state index in [4.69, 9.17) is 0 Å². The number of nitrogens with one attached hydrogen (secondary N) is 1. The molecule has 0 saturated heterocycles. The molecule has 0 amide bonds. The summed E-state index contributed by atoms with van der Waals surface area (Å²) in [5, 5.41) is 16.7. The Hall–Kier alpha value is -1.36. The Morgan fingerprint density at radius 1 is 1.67 bits per heavy atom. The van der Waals surface area contributed by atoms with E-state index in [0.29, 0.717) is 5.69 Å². The highest BCUT2D eigenvalue weighted by Gasteiger charge is 2.24. The number of hydrogen-bond acceptors (Lipinski definition) is 4. The molecule has 15 heavy (non-hydrogen) atoms. The third kappa shape index (κ3) is 1.87. The second-order valence-corrected chi connectivity index (χ2v) is 3.72. The quantitative estimate of drug-likeness (QED) is 0.712. The number of H-pyrrole nitrogens is 1. The standard InChI is InChI=1S/C10H14N2O3/c1-15-9(14)5-8(13)10-6-3-2-4-7(6)11-12-10/h8,13H,2-5H2,1H3,(H,11,12). The molecule has 1 aromatic heterocycles. The van der Waals surface area contributed by atoms with Gasteiger partial charge in [0.1, 0.15) is 6.10 Å². The number of methoxy groups -OCH3 is 1. The smallest absolute Gasteiger partial charge is 0.308 e. The number of rotatable bonds is 3. The van der Waals surface area contributed by atoms with Crippen molar-refractivity contribution in [3.05, 3.63) is 17.0 Å². The number of nitrogens with zero attached hydrogens (tertiary/aromatic N) is 1. The number of hydrogen-bond donors (Lipinski definition) is 2. The Balaban J connectivity index is 2.12. The number of aromatic nitrogens is 2. The highest BCUT2D eigenvalue weighted by atomic mass is 16.5. The second-order valence-electron chi connectivity index (χ2n) is 3.72. The molecule has 1 aromatic rings. The molecule has 0 fully saturated rings. The molecule has 2 N–H and O–H groups in total. The van der Waals surface area contributed by atoms with Crippen LogP contribution in [0.15, 0.2) is 0 Å². The van der Waals surface area contributed by atoms with E-state index in [1.54, 1.807) is 0 Å². The topological polar surface area (TPSA) is 75.2 Å². The zero-order chi connectivity index (χ0) is 10.8. The Bertz CT molecular complexity index is 373. The minimum Gasteiger partial charge on any atom is -0.469 e. The van der Waals surface area contributed by atoms with Crippen molar-refractivity contribution in [2.75, 3.05) is 7.11 Å². The first-order chi connectivity index (χ1) is 7.22. The van der Waals surface area contributed by atoms with E-state index >= 15 is 0 Å². The summed E-state index contributed by atoms with van der Waals surface area (Å²) in [5.41, 5.74) is 2.77. The Labute approximate surface area is 87.4 Å². The van der Waals surface area contributed by atoms with Crippen LogP contribution in [0.25, 0.3) is 0 Å². The molecular weight excluding hydrogens is 196 g/mol. The molecule has 1 aliphatic carbocycles. The predicted octanol–water partition coefficient (Wildman–Crippen LogP) is 0.495. The fourth-order valence-corrected chi connectivity index (χ4v) is 1.96. The first-order valence-electron chi connectivity index (χ1n) is 5.03. The number of aryl methyl sites for hydroxylation is 1. The van der Waals surface area contributed by atoms with Crippen LogP contribution < -0.4 is 0 Å². The fraction of sp³-hybridized carbons (Fsp3) is 0.600. The summed E-state index contributed by atoms with van der Waals surface area (Å²) in [5.74, 6) is -0.419. The van der Waals surface area contributed by atoms with Crippen molar-refractivity contribution in [3.63, 3.8) is 0 Å². The third-order valence-corrected chi connectivity index (χ3v) is 2.74. The van der Waals surface area contributed by atoms with E-state index < -0.39 is 12.1 Å². The van der Waals surface area contributed by atoms with Gasteiger partial charge in [0.2, 0.25) is 0 Å². The van der Waals surface area contributed by atoms with Crippen molar-refractivity contribution in [3.8, 4) is 0 Å². The number of aliphatic hydroxyl groups is 1. The van der Waals surface area contributed by atoms with E-state index in [0.717, 1.165) is 30.5 Å². The Morgan fingerprint density at radius 3 is 3.20 bits per heavy atom. The monoisotopic (exact) mass is 210 g/mol. The fourth-order valence-electron chi connectivity index (χ4n) is 1.96. The van der Waals surface area contributed by atoms with Gasteiger partial charge in [0.25, 0.3) is 0 Å². The van der Waals surface area contributed by atoms with E-state index in [1.165, 1.54) is 7.11 Å². The third-order valence-electron chi connectivity index (χ3n) is 2.74. The van der Waals surface area contributed by atoms with E-state index in [1.807, 2.05) is 0 Å². The minimum atomic E-state index is -0.851. The average molecular weight is 210 g/mol. The number of carbonyl (C=O) groups excluding carboxylic acids is 1. The summed E-state index contributed by atoms with van der Waals surface area (Å²) in [7, 11) is 1.31. The molecule has 0 aromatic carbocycles. The summed E-state index contributed by atoms with van der Waals surface area (Å²) in [4.78, 5) is 11.0. The highest BCUT2D eigenvalue weighted by Crippen LogP contribution is 2.28. The number of fused-ring (bicyclic) bond motifs is 1. The molecule has 0 saturated carbocycles. The first kappa shape index (κ1) is 10.2. The van der Waals surface area contributed by atoms with Crippen LogP contribution >= 0.6 is 0 Å². The first-order valence-corrected chi connectivity index (χ1v) is 5.03. The molecule has 1 heterocycles. The lowest BCUT2D eigenvalue weighted by Crippen LogP contribution is -2.09. The van der Waals surface area contributed by atoms with Gasteiger partial charge < -0.3 is 9.84 Å². The van der Waals surface area contributed by atoms with Crippen molar-refractivity contribution in [1.29, 1.82) is 0 Å². The van der Waals surface area contributed by atoms with Gasteiger partial charge in [-0.3, -0.25) is 9.89 Å². The largest absolute Gasteiger partial charge is 0.469 e. The van der Waals surface area contributed by atoms with Gasteiger partial charge in [-0.2, -0.15) is 5.10 Å². The zero-order valence-electron chi connectivity index (χ0n) is 8.62. The number of aliphatic hydroxyl groups excluding tert-OH is 1. The number of ether oxygens (including phenoxy) is 1. The lowest BCUT2D eigenvalue weighted by Gasteiger charge is -2.07. The molecule has 1 aliphatic rings. The van der Waals surface area contributed by atoms with Gasteiger partial charge in [0, 0.05) is 5.69 Å².